The Bertz CT molecular complexity index is 1710. The Labute approximate surface area is 196 Å². The maximum absolute atomic E-state index is 13.8. The number of hydrogen-bond acceptors (Lipinski definition) is 4. The molecule has 5 rings (SSSR count). The van der Waals surface area contributed by atoms with Crippen LogP contribution in [0.15, 0.2) is 83.8 Å². The number of nitrogen functional groups attached to an aromatic ring is 1. The Hall–Kier alpha value is -3.79. The van der Waals surface area contributed by atoms with Gasteiger partial charge in [-0.15, -0.1) is 0 Å². The van der Waals surface area contributed by atoms with Crippen LogP contribution < -0.4 is 5.73 Å². The largest absolute Gasteiger partial charge is 0.397 e. The predicted octanol–water partition coefficient (Wildman–Crippen LogP) is 6.11. The minimum atomic E-state index is -3.97. The number of hydrogen-bond donors (Lipinski definition) is 1. The van der Waals surface area contributed by atoms with Crippen molar-refractivity contribution >= 4 is 49.1 Å². The van der Waals surface area contributed by atoms with Crippen LogP contribution in [0.25, 0.3) is 32.9 Å². The minimum Gasteiger partial charge on any atom is -0.397 e. The van der Waals surface area contributed by atoms with E-state index in [1.165, 1.54) is 3.97 Å². The number of aromatic nitrogens is 1. The molecule has 0 spiro atoms. The second-order valence-electron chi connectivity index (χ2n) is 7.80. The van der Waals surface area contributed by atoms with Crippen molar-refractivity contribution in [1.82, 2.24) is 3.97 Å². The Morgan fingerprint density at radius 1 is 0.909 bits per heavy atom. The highest BCUT2D eigenvalue weighted by Crippen LogP contribution is 2.42. The molecule has 0 saturated carbocycles. The fourth-order valence-electron chi connectivity index (χ4n) is 4.21. The van der Waals surface area contributed by atoms with Crippen molar-refractivity contribution in [1.29, 1.82) is 5.26 Å². The number of benzene rings is 4. The molecule has 0 aliphatic heterocycles. The number of anilines is 1. The molecule has 0 amide bonds. The molecule has 5 nitrogen and oxygen atoms in total. The van der Waals surface area contributed by atoms with Crippen molar-refractivity contribution in [2.24, 2.45) is 0 Å². The van der Waals surface area contributed by atoms with Gasteiger partial charge in [0.25, 0.3) is 10.0 Å². The number of para-hydroxylation sites is 1. The average molecular weight is 472 g/mol. The first-order chi connectivity index (χ1) is 15.8. The van der Waals surface area contributed by atoms with Crippen LogP contribution in [0.1, 0.15) is 11.1 Å². The lowest BCUT2D eigenvalue weighted by Gasteiger charge is -2.13. The maximum atomic E-state index is 13.8. The normalized spacial score (nSPS) is 11.7. The van der Waals surface area contributed by atoms with Gasteiger partial charge in [0.15, 0.2) is 0 Å². The summed E-state index contributed by atoms with van der Waals surface area (Å²) in [5.41, 5.74) is 9.93. The van der Waals surface area contributed by atoms with E-state index >= 15 is 0 Å². The SMILES string of the molecule is Cc1ccc(S(=O)(=O)n2c3ccccc3c3c(N)c(C#N)c(-c4ccccc4Cl)cc32)cc1. The molecular weight excluding hydrogens is 454 g/mol. The summed E-state index contributed by atoms with van der Waals surface area (Å²) in [7, 11) is -3.97. The molecule has 4 aromatic carbocycles. The molecule has 5 aromatic rings. The van der Waals surface area contributed by atoms with Gasteiger partial charge in [-0.2, -0.15) is 5.26 Å². The standard InChI is InChI=1S/C26H18ClN3O2S/c1-16-10-12-17(13-11-16)33(31,32)30-23-9-5-3-7-19(23)25-24(30)14-20(21(15-28)26(25)29)18-6-2-4-8-22(18)27/h2-14H,29H2,1H3. The molecule has 0 fully saturated rings. The number of aryl methyl sites for hydroxylation is 1. The molecule has 33 heavy (non-hydrogen) atoms. The van der Waals surface area contributed by atoms with Gasteiger partial charge in [0.2, 0.25) is 0 Å². The summed E-state index contributed by atoms with van der Waals surface area (Å²) in [5.74, 6) is 0. The first-order valence-electron chi connectivity index (χ1n) is 10.2. The molecule has 7 heteroatoms. The topological polar surface area (TPSA) is 88.9 Å². The van der Waals surface area contributed by atoms with E-state index in [2.05, 4.69) is 6.07 Å². The highest BCUT2D eigenvalue weighted by atomic mass is 35.5. The van der Waals surface area contributed by atoms with Gasteiger partial charge >= 0.3 is 0 Å². The van der Waals surface area contributed by atoms with Crippen molar-refractivity contribution in [3.05, 3.63) is 95.0 Å². The fourth-order valence-corrected chi connectivity index (χ4v) is 5.96. The van der Waals surface area contributed by atoms with E-state index in [0.717, 1.165) is 5.56 Å². The van der Waals surface area contributed by atoms with Crippen LogP contribution >= 0.6 is 11.6 Å². The molecule has 162 valence electrons. The van der Waals surface area contributed by atoms with Gasteiger partial charge < -0.3 is 5.73 Å². The number of nitriles is 1. The molecule has 0 aliphatic rings. The molecular formula is C26H18ClN3O2S. The van der Waals surface area contributed by atoms with Crippen molar-refractivity contribution in [3.63, 3.8) is 0 Å². The fraction of sp³-hybridized carbons (Fsp3) is 0.0385. The summed E-state index contributed by atoms with van der Waals surface area (Å²) in [5, 5.41) is 11.6. The lowest BCUT2D eigenvalue weighted by atomic mass is 9.96. The Morgan fingerprint density at radius 2 is 1.58 bits per heavy atom. The zero-order valence-electron chi connectivity index (χ0n) is 17.6. The second-order valence-corrected chi connectivity index (χ2v) is 9.99. The van der Waals surface area contributed by atoms with Gasteiger partial charge in [0, 0.05) is 26.9 Å². The van der Waals surface area contributed by atoms with Crippen LogP contribution in [-0.4, -0.2) is 12.4 Å². The zero-order chi connectivity index (χ0) is 23.3. The Morgan fingerprint density at radius 3 is 2.27 bits per heavy atom. The summed E-state index contributed by atoms with van der Waals surface area (Å²) in [6.07, 6.45) is 0. The average Bonchev–Trinajstić information content (AvgIpc) is 3.15. The molecule has 0 saturated heterocycles. The van der Waals surface area contributed by atoms with E-state index in [4.69, 9.17) is 17.3 Å². The molecule has 0 unspecified atom stereocenters. The highest BCUT2D eigenvalue weighted by molar-refractivity contribution is 7.90. The molecule has 0 bridgehead atoms. The van der Waals surface area contributed by atoms with E-state index in [1.54, 1.807) is 66.7 Å². The summed E-state index contributed by atoms with van der Waals surface area (Å²) >= 11 is 6.44. The first-order valence-corrected chi connectivity index (χ1v) is 12.0. The quantitative estimate of drug-likeness (QED) is 0.321. The first kappa shape index (κ1) is 21.1. The van der Waals surface area contributed by atoms with Gasteiger partial charge in [-0.25, -0.2) is 12.4 Å². The lowest BCUT2D eigenvalue weighted by Crippen LogP contribution is -2.13. The summed E-state index contributed by atoms with van der Waals surface area (Å²) in [4.78, 5) is 0.165. The third kappa shape index (κ3) is 3.17. The van der Waals surface area contributed by atoms with E-state index in [0.29, 0.717) is 38.0 Å². The molecule has 1 aromatic heterocycles. The zero-order valence-corrected chi connectivity index (χ0v) is 19.2. The van der Waals surface area contributed by atoms with Crippen molar-refractivity contribution in [2.75, 3.05) is 5.73 Å². The van der Waals surface area contributed by atoms with Crippen LogP contribution in [0.2, 0.25) is 5.02 Å². The predicted molar refractivity (Wildman–Crippen MR) is 133 cm³/mol. The van der Waals surface area contributed by atoms with Crippen LogP contribution in [0.5, 0.6) is 0 Å². The third-order valence-corrected chi connectivity index (χ3v) is 7.86. The number of rotatable bonds is 3. The van der Waals surface area contributed by atoms with Gasteiger partial charge in [0.05, 0.1) is 27.2 Å². The monoisotopic (exact) mass is 471 g/mol. The van der Waals surface area contributed by atoms with Crippen LogP contribution in [0.3, 0.4) is 0 Å². The van der Waals surface area contributed by atoms with Crippen molar-refractivity contribution < 1.29 is 8.42 Å². The van der Waals surface area contributed by atoms with E-state index < -0.39 is 10.0 Å². The second kappa shape index (κ2) is 7.66. The van der Waals surface area contributed by atoms with Crippen LogP contribution in [-0.2, 0) is 10.0 Å². The molecule has 2 N–H and O–H groups in total. The van der Waals surface area contributed by atoms with Gasteiger partial charge in [-0.3, -0.25) is 0 Å². The van der Waals surface area contributed by atoms with Crippen molar-refractivity contribution in [3.8, 4) is 17.2 Å². The number of halogens is 1. The summed E-state index contributed by atoms with van der Waals surface area (Å²) in [6, 6.07) is 24.8. The minimum absolute atomic E-state index is 0.165. The molecule has 0 radical (unpaired) electrons. The number of nitrogens with zero attached hydrogens (tertiary/aromatic N) is 2. The van der Waals surface area contributed by atoms with E-state index in [9.17, 15) is 13.7 Å². The highest BCUT2D eigenvalue weighted by Gasteiger charge is 2.26. The third-order valence-electron chi connectivity index (χ3n) is 5.79. The van der Waals surface area contributed by atoms with Gasteiger partial charge in [-0.1, -0.05) is 65.7 Å². The van der Waals surface area contributed by atoms with E-state index in [1.807, 2.05) is 19.1 Å². The summed E-state index contributed by atoms with van der Waals surface area (Å²) in [6.45, 7) is 1.90. The number of fused-ring (bicyclic) bond motifs is 3. The van der Waals surface area contributed by atoms with Gasteiger partial charge in [-0.05, 0) is 37.3 Å². The Balaban J connectivity index is 1.97. The van der Waals surface area contributed by atoms with Crippen LogP contribution in [0.4, 0.5) is 5.69 Å². The van der Waals surface area contributed by atoms with Crippen LogP contribution in [0, 0.1) is 18.3 Å². The maximum Gasteiger partial charge on any atom is 0.268 e. The van der Waals surface area contributed by atoms with E-state index in [-0.39, 0.29) is 16.1 Å². The smallest absolute Gasteiger partial charge is 0.268 e. The summed E-state index contributed by atoms with van der Waals surface area (Å²) < 4.78 is 29.0. The lowest BCUT2D eigenvalue weighted by molar-refractivity contribution is 0.590. The number of nitrogens with two attached hydrogens (primary N) is 1. The Kier molecular flexibility index (Phi) is 4.89. The molecule has 0 atom stereocenters. The van der Waals surface area contributed by atoms with Gasteiger partial charge in [0.1, 0.15) is 6.07 Å². The van der Waals surface area contributed by atoms with Crippen molar-refractivity contribution in [2.45, 2.75) is 11.8 Å². The molecule has 0 aliphatic carbocycles. The molecule has 1 heterocycles.